The van der Waals surface area contributed by atoms with Crippen molar-refractivity contribution in [2.45, 2.75) is 44.2 Å². The van der Waals surface area contributed by atoms with Crippen LogP contribution >= 0.6 is 23.2 Å². The van der Waals surface area contributed by atoms with E-state index in [1.54, 1.807) is 6.07 Å². The van der Waals surface area contributed by atoms with E-state index in [0.717, 1.165) is 44.7 Å². The standard InChI is InChI=1S/C19H28Cl2N4O/c1-14(16-5-4-15(20)12-17(16)21)24-18(22)23-13-19(6-10-26-11-7-19)25-8-2-3-9-25/h4-5,12,14H,2-3,6-11,13H2,1H3,(H3,22,23,24). The summed E-state index contributed by atoms with van der Waals surface area (Å²) in [7, 11) is 0. The second-order valence-corrected chi connectivity index (χ2v) is 8.11. The molecular formula is C19H28Cl2N4O. The van der Waals surface area contributed by atoms with Crippen molar-refractivity contribution in [3.63, 3.8) is 0 Å². The first-order chi connectivity index (χ1) is 12.5. The average molecular weight is 399 g/mol. The normalized spacial score (nSPS) is 22.3. The smallest absolute Gasteiger partial charge is 0.189 e. The van der Waals surface area contributed by atoms with E-state index < -0.39 is 0 Å². The lowest BCUT2D eigenvalue weighted by Gasteiger charge is -2.43. The van der Waals surface area contributed by atoms with Gasteiger partial charge in [0.25, 0.3) is 0 Å². The number of hydrogen-bond acceptors (Lipinski definition) is 3. The van der Waals surface area contributed by atoms with Crippen LogP contribution in [0.2, 0.25) is 10.0 Å². The number of hydrogen-bond donors (Lipinski definition) is 2. The van der Waals surface area contributed by atoms with Crippen LogP contribution in [0.4, 0.5) is 0 Å². The van der Waals surface area contributed by atoms with Crippen LogP contribution in [0.15, 0.2) is 23.2 Å². The molecule has 7 heteroatoms. The van der Waals surface area contributed by atoms with Gasteiger partial charge in [-0.15, -0.1) is 0 Å². The Morgan fingerprint density at radius 3 is 2.65 bits per heavy atom. The highest BCUT2D eigenvalue weighted by Crippen LogP contribution is 2.32. The highest BCUT2D eigenvalue weighted by atomic mass is 35.5. The number of benzene rings is 1. The molecule has 2 aliphatic heterocycles. The van der Waals surface area contributed by atoms with E-state index in [2.05, 4.69) is 10.2 Å². The summed E-state index contributed by atoms with van der Waals surface area (Å²) < 4.78 is 5.59. The van der Waals surface area contributed by atoms with Crippen LogP contribution in [-0.4, -0.2) is 49.2 Å². The van der Waals surface area contributed by atoms with Crippen molar-refractivity contribution < 1.29 is 4.74 Å². The number of aliphatic imine (C=N–C) groups is 1. The molecule has 0 radical (unpaired) electrons. The average Bonchev–Trinajstić information content (AvgIpc) is 3.16. The van der Waals surface area contributed by atoms with Gasteiger partial charge in [-0.2, -0.15) is 0 Å². The van der Waals surface area contributed by atoms with E-state index in [4.69, 9.17) is 38.7 Å². The fourth-order valence-corrected chi connectivity index (χ4v) is 4.52. The first-order valence-corrected chi connectivity index (χ1v) is 10.1. The molecule has 0 aromatic heterocycles. The molecule has 5 nitrogen and oxygen atoms in total. The van der Waals surface area contributed by atoms with Gasteiger partial charge in [0.05, 0.1) is 12.6 Å². The van der Waals surface area contributed by atoms with Crippen LogP contribution in [0.5, 0.6) is 0 Å². The summed E-state index contributed by atoms with van der Waals surface area (Å²) in [6.07, 6.45) is 4.57. The monoisotopic (exact) mass is 398 g/mol. The van der Waals surface area contributed by atoms with Crippen LogP contribution in [0, 0.1) is 0 Å². The van der Waals surface area contributed by atoms with Crippen molar-refractivity contribution in [1.29, 1.82) is 0 Å². The molecule has 0 spiro atoms. The van der Waals surface area contributed by atoms with Crippen LogP contribution < -0.4 is 11.1 Å². The van der Waals surface area contributed by atoms with Gasteiger partial charge in [0.2, 0.25) is 0 Å². The van der Waals surface area contributed by atoms with E-state index in [9.17, 15) is 0 Å². The van der Waals surface area contributed by atoms with E-state index >= 15 is 0 Å². The van der Waals surface area contributed by atoms with E-state index in [1.807, 2.05) is 19.1 Å². The number of halogens is 2. The summed E-state index contributed by atoms with van der Waals surface area (Å²) in [5, 5.41) is 4.51. The predicted molar refractivity (Wildman–Crippen MR) is 108 cm³/mol. The maximum absolute atomic E-state index is 6.29. The summed E-state index contributed by atoms with van der Waals surface area (Å²) in [6.45, 7) is 6.63. The molecular weight excluding hydrogens is 371 g/mol. The lowest BCUT2D eigenvalue weighted by Crippen LogP contribution is -2.53. The first-order valence-electron chi connectivity index (χ1n) is 9.34. The largest absolute Gasteiger partial charge is 0.381 e. The Morgan fingerprint density at radius 2 is 2.00 bits per heavy atom. The molecule has 1 unspecified atom stereocenters. The lowest BCUT2D eigenvalue weighted by atomic mass is 9.88. The fourth-order valence-electron chi connectivity index (χ4n) is 3.95. The number of likely N-dealkylation sites (tertiary alicyclic amines) is 1. The van der Waals surface area contributed by atoms with Crippen LogP contribution in [0.25, 0.3) is 0 Å². The molecule has 144 valence electrons. The van der Waals surface area contributed by atoms with Crippen molar-refractivity contribution in [2.75, 3.05) is 32.8 Å². The summed E-state index contributed by atoms with van der Waals surface area (Å²) in [5.41, 5.74) is 7.23. The van der Waals surface area contributed by atoms with Gasteiger partial charge < -0.3 is 15.8 Å². The third kappa shape index (κ3) is 4.63. The second-order valence-electron chi connectivity index (χ2n) is 7.26. The van der Waals surface area contributed by atoms with Crippen molar-refractivity contribution in [2.24, 2.45) is 10.7 Å². The number of nitrogens with one attached hydrogen (secondary N) is 1. The van der Waals surface area contributed by atoms with Gasteiger partial charge in [-0.05, 0) is 63.4 Å². The van der Waals surface area contributed by atoms with Gasteiger partial charge in [-0.1, -0.05) is 29.3 Å². The fraction of sp³-hybridized carbons (Fsp3) is 0.632. The first kappa shape index (κ1) is 19.7. The highest BCUT2D eigenvalue weighted by Gasteiger charge is 2.39. The van der Waals surface area contributed by atoms with Gasteiger partial charge >= 0.3 is 0 Å². The topological polar surface area (TPSA) is 62.9 Å². The Morgan fingerprint density at radius 1 is 1.31 bits per heavy atom. The van der Waals surface area contributed by atoms with Gasteiger partial charge in [-0.3, -0.25) is 9.89 Å². The zero-order chi connectivity index (χ0) is 18.6. The summed E-state index contributed by atoms with van der Waals surface area (Å²) in [5.74, 6) is 0.452. The summed E-state index contributed by atoms with van der Waals surface area (Å²) in [6, 6.07) is 5.45. The Kier molecular flexibility index (Phi) is 6.67. The Bertz CT molecular complexity index is 640. The highest BCUT2D eigenvalue weighted by molar-refractivity contribution is 6.35. The second kappa shape index (κ2) is 8.79. The molecule has 2 saturated heterocycles. The third-order valence-electron chi connectivity index (χ3n) is 5.54. The molecule has 0 bridgehead atoms. The van der Waals surface area contributed by atoms with Crippen molar-refractivity contribution in [1.82, 2.24) is 10.2 Å². The molecule has 0 saturated carbocycles. The van der Waals surface area contributed by atoms with E-state index in [1.165, 1.54) is 12.8 Å². The maximum Gasteiger partial charge on any atom is 0.189 e. The van der Waals surface area contributed by atoms with Gasteiger partial charge in [0, 0.05) is 28.8 Å². The minimum Gasteiger partial charge on any atom is -0.381 e. The van der Waals surface area contributed by atoms with Crippen LogP contribution in [0.1, 0.15) is 44.2 Å². The minimum absolute atomic E-state index is 0.0408. The number of nitrogens with zero attached hydrogens (tertiary/aromatic N) is 2. The van der Waals surface area contributed by atoms with Crippen molar-refractivity contribution in [3.05, 3.63) is 33.8 Å². The summed E-state index contributed by atoms with van der Waals surface area (Å²) in [4.78, 5) is 7.28. The molecule has 1 aromatic carbocycles. The number of ether oxygens (including phenoxy) is 1. The number of nitrogens with two attached hydrogens (primary N) is 1. The van der Waals surface area contributed by atoms with E-state index in [0.29, 0.717) is 22.5 Å². The Labute approximate surface area is 165 Å². The number of rotatable bonds is 5. The van der Waals surface area contributed by atoms with Crippen molar-refractivity contribution in [3.8, 4) is 0 Å². The van der Waals surface area contributed by atoms with Crippen molar-refractivity contribution >= 4 is 29.2 Å². The molecule has 1 atom stereocenters. The number of guanidine groups is 1. The van der Waals surface area contributed by atoms with Gasteiger partial charge in [0.1, 0.15) is 0 Å². The molecule has 2 heterocycles. The van der Waals surface area contributed by atoms with Crippen LogP contribution in [-0.2, 0) is 4.74 Å². The zero-order valence-electron chi connectivity index (χ0n) is 15.3. The Balaban J connectivity index is 1.65. The molecule has 3 N–H and O–H groups in total. The predicted octanol–water partition coefficient (Wildman–Crippen LogP) is 3.60. The van der Waals surface area contributed by atoms with Gasteiger partial charge in [0.15, 0.2) is 5.96 Å². The Hall–Kier alpha value is -1.01. The molecule has 26 heavy (non-hydrogen) atoms. The molecule has 0 aliphatic carbocycles. The molecule has 2 fully saturated rings. The van der Waals surface area contributed by atoms with E-state index in [-0.39, 0.29) is 11.6 Å². The lowest BCUT2D eigenvalue weighted by molar-refractivity contribution is -0.0138. The maximum atomic E-state index is 6.29. The van der Waals surface area contributed by atoms with Crippen LogP contribution in [0.3, 0.4) is 0 Å². The zero-order valence-corrected chi connectivity index (χ0v) is 16.8. The SMILES string of the molecule is CC(NC(N)=NCC1(N2CCCC2)CCOCC1)c1ccc(Cl)cc1Cl. The van der Waals surface area contributed by atoms with Gasteiger partial charge in [-0.25, -0.2) is 0 Å². The molecule has 1 aromatic rings. The minimum atomic E-state index is -0.0408. The summed E-state index contributed by atoms with van der Waals surface area (Å²) >= 11 is 12.3. The quantitative estimate of drug-likeness (QED) is 0.587. The molecule has 3 rings (SSSR count). The molecule has 0 amide bonds. The third-order valence-corrected chi connectivity index (χ3v) is 6.10. The molecule has 2 aliphatic rings.